The van der Waals surface area contributed by atoms with Crippen LogP contribution in [0, 0.1) is 0 Å². The van der Waals surface area contributed by atoms with Crippen molar-refractivity contribution >= 4 is 10.8 Å². The molecule has 0 unspecified atom stereocenters. The van der Waals surface area contributed by atoms with Crippen molar-refractivity contribution in [3.05, 3.63) is 93.1 Å². The number of hydrogen-bond donors (Lipinski definition) is 0. The van der Waals surface area contributed by atoms with Crippen LogP contribution >= 0.6 is 0 Å². The molecule has 1 aliphatic heterocycles. The van der Waals surface area contributed by atoms with Gasteiger partial charge in [0, 0.05) is 17.7 Å². The number of nitrogens with zero attached hydrogens (tertiary/aromatic N) is 1. The molecule has 2 aromatic carbocycles. The number of fused-ring (bicyclic) bond motifs is 4. The second-order valence-electron chi connectivity index (χ2n) is 6.48. The summed E-state index contributed by atoms with van der Waals surface area (Å²) in [7, 11) is 0. The molecular formula is C22H15NO3. The lowest BCUT2D eigenvalue weighted by Gasteiger charge is -2.22. The van der Waals surface area contributed by atoms with E-state index in [1.165, 1.54) is 5.56 Å². The third-order valence-electron chi connectivity index (χ3n) is 4.99. The average molecular weight is 341 g/mol. The van der Waals surface area contributed by atoms with Crippen LogP contribution in [-0.4, -0.2) is 4.57 Å². The van der Waals surface area contributed by atoms with Crippen LogP contribution < -0.4 is 11.2 Å². The molecule has 0 bridgehead atoms. The number of rotatable bonds is 1. The molecule has 4 heteroatoms. The van der Waals surface area contributed by atoms with Crippen molar-refractivity contribution in [2.24, 2.45) is 0 Å². The van der Waals surface area contributed by atoms with E-state index in [0.29, 0.717) is 23.1 Å². The maximum Gasteiger partial charge on any atom is 0.344 e. The zero-order valence-electron chi connectivity index (χ0n) is 13.9. The molecular weight excluding hydrogens is 326 g/mol. The highest BCUT2D eigenvalue weighted by Gasteiger charge is 2.20. The van der Waals surface area contributed by atoms with Gasteiger partial charge < -0.3 is 8.98 Å². The Bertz CT molecular complexity index is 1270. The standard InChI is InChI=1S/C22H15NO3/c24-21-17-13-20(15-7-2-1-3-8-15)26-22(25)18(17)12-19-16-9-5-4-6-14(16)10-11-23(19)21/h1-9,12-13H,10-11H2. The number of hydrogen-bond acceptors (Lipinski definition) is 3. The van der Waals surface area contributed by atoms with Gasteiger partial charge in [0.25, 0.3) is 5.56 Å². The van der Waals surface area contributed by atoms with E-state index in [9.17, 15) is 9.59 Å². The highest BCUT2D eigenvalue weighted by molar-refractivity contribution is 5.87. The van der Waals surface area contributed by atoms with Crippen molar-refractivity contribution in [2.45, 2.75) is 13.0 Å². The highest BCUT2D eigenvalue weighted by atomic mass is 16.4. The largest absolute Gasteiger partial charge is 0.422 e. The van der Waals surface area contributed by atoms with Crippen molar-refractivity contribution < 1.29 is 4.42 Å². The minimum Gasteiger partial charge on any atom is -0.422 e. The number of pyridine rings is 1. The van der Waals surface area contributed by atoms with Crippen LogP contribution in [-0.2, 0) is 13.0 Å². The minimum absolute atomic E-state index is 0.142. The van der Waals surface area contributed by atoms with Crippen LogP contribution in [0.25, 0.3) is 33.4 Å². The molecule has 4 nitrogen and oxygen atoms in total. The Morgan fingerprint density at radius 3 is 2.46 bits per heavy atom. The zero-order valence-corrected chi connectivity index (χ0v) is 13.9. The fraction of sp³-hybridized carbons (Fsp3) is 0.0909. The first-order valence-corrected chi connectivity index (χ1v) is 8.58. The van der Waals surface area contributed by atoms with Crippen molar-refractivity contribution in [3.63, 3.8) is 0 Å². The summed E-state index contributed by atoms with van der Waals surface area (Å²) < 4.78 is 7.27. The maximum absolute atomic E-state index is 13.1. The van der Waals surface area contributed by atoms with Crippen LogP contribution in [0.1, 0.15) is 5.56 Å². The van der Waals surface area contributed by atoms with Crippen molar-refractivity contribution in [2.75, 3.05) is 0 Å². The summed E-state index contributed by atoms with van der Waals surface area (Å²) in [5.41, 5.74) is 3.13. The van der Waals surface area contributed by atoms with E-state index >= 15 is 0 Å². The molecule has 2 aromatic heterocycles. The fourth-order valence-corrected chi connectivity index (χ4v) is 3.70. The first kappa shape index (κ1) is 14.9. The van der Waals surface area contributed by atoms with E-state index in [2.05, 4.69) is 6.07 Å². The quantitative estimate of drug-likeness (QED) is 0.528. The molecule has 5 rings (SSSR count). The molecule has 0 saturated heterocycles. The van der Waals surface area contributed by atoms with Crippen LogP contribution in [0.15, 0.2) is 80.7 Å². The SMILES string of the molecule is O=c1oc(-c2ccccc2)cc2c(=O)n3c(cc12)-c1ccccc1CC3. The van der Waals surface area contributed by atoms with Gasteiger partial charge in [-0.25, -0.2) is 4.79 Å². The molecule has 0 aliphatic carbocycles. The van der Waals surface area contributed by atoms with E-state index in [1.54, 1.807) is 16.7 Å². The van der Waals surface area contributed by atoms with E-state index in [0.717, 1.165) is 23.2 Å². The number of aromatic nitrogens is 1. The van der Waals surface area contributed by atoms with E-state index in [1.807, 2.05) is 48.5 Å². The van der Waals surface area contributed by atoms with Gasteiger partial charge in [-0.2, -0.15) is 0 Å². The monoisotopic (exact) mass is 341 g/mol. The van der Waals surface area contributed by atoms with Gasteiger partial charge in [0.1, 0.15) is 5.76 Å². The Hall–Kier alpha value is -3.40. The highest BCUT2D eigenvalue weighted by Crippen LogP contribution is 2.30. The van der Waals surface area contributed by atoms with E-state index < -0.39 is 5.63 Å². The van der Waals surface area contributed by atoms with Gasteiger partial charge in [0.2, 0.25) is 0 Å². The van der Waals surface area contributed by atoms with Gasteiger partial charge in [-0.15, -0.1) is 0 Å². The summed E-state index contributed by atoms with van der Waals surface area (Å²) in [6.45, 7) is 0.613. The second kappa shape index (κ2) is 5.56. The lowest BCUT2D eigenvalue weighted by molar-refractivity contribution is 0.534. The predicted octanol–water partition coefficient (Wildman–Crippen LogP) is 3.84. The lowest BCUT2D eigenvalue weighted by atomic mass is 9.96. The van der Waals surface area contributed by atoms with E-state index in [4.69, 9.17) is 4.42 Å². The number of benzene rings is 2. The fourth-order valence-electron chi connectivity index (χ4n) is 3.70. The third kappa shape index (κ3) is 2.15. The number of aryl methyl sites for hydroxylation is 1. The molecule has 0 atom stereocenters. The molecule has 126 valence electrons. The van der Waals surface area contributed by atoms with Gasteiger partial charge in [-0.1, -0.05) is 54.6 Å². The predicted molar refractivity (Wildman–Crippen MR) is 101 cm³/mol. The van der Waals surface area contributed by atoms with Gasteiger partial charge in [-0.3, -0.25) is 4.79 Å². The second-order valence-corrected chi connectivity index (χ2v) is 6.48. The topological polar surface area (TPSA) is 52.2 Å². The van der Waals surface area contributed by atoms with Crippen LogP contribution in [0.5, 0.6) is 0 Å². The van der Waals surface area contributed by atoms with Gasteiger partial charge in [-0.05, 0) is 24.1 Å². The summed E-state index contributed by atoms with van der Waals surface area (Å²) >= 11 is 0. The molecule has 26 heavy (non-hydrogen) atoms. The Morgan fingerprint density at radius 1 is 0.846 bits per heavy atom. The average Bonchev–Trinajstić information content (AvgIpc) is 2.69. The van der Waals surface area contributed by atoms with Crippen LogP contribution in [0.4, 0.5) is 0 Å². The van der Waals surface area contributed by atoms with Crippen molar-refractivity contribution in [1.82, 2.24) is 4.57 Å². The first-order chi connectivity index (χ1) is 12.7. The molecule has 0 radical (unpaired) electrons. The molecule has 0 amide bonds. The molecule has 0 N–H and O–H groups in total. The lowest BCUT2D eigenvalue weighted by Crippen LogP contribution is -2.27. The Morgan fingerprint density at radius 2 is 1.62 bits per heavy atom. The van der Waals surface area contributed by atoms with Gasteiger partial charge in [0.15, 0.2) is 0 Å². The molecule has 4 aromatic rings. The normalized spacial score (nSPS) is 12.6. The Balaban J connectivity index is 1.83. The minimum atomic E-state index is -0.482. The Labute approximate surface area is 149 Å². The Kier molecular flexibility index (Phi) is 3.19. The third-order valence-corrected chi connectivity index (χ3v) is 4.99. The van der Waals surface area contributed by atoms with Crippen molar-refractivity contribution in [1.29, 1.82) is 0 Å². The van der Waals surface area contributed by atoms with Gasteiger partial charge in [0.05, 0.1) is 16.5 Å². The summed E-state index contributed by atoms with van der Waals surface area (Å²) in [6.07, 6.45) is 0.807. The molecule has 0 spiro atoms. The summed E-state index contributed by atoms with van der Waals surface area (Å²) in [4.78, 5) is 25.7. The summed E-state index contributed by atoms with van der Waals surface area (Å²) in [6, 6.07) is 20.8. The summed E-state index contributed by atoms with van der Waals surface area (Å²) in [5.74, 6) is 0.414. The molecule has 3 heterocycles. The van der Waals surface area contributed by atoms with Crippen molar-refractivity contribution in [3.8, 4) is 22.6 Å². The first-order valence-electron chi connectivity index (χ1n) is 8.58. The zero-order chi connectivity index (χ0) is 17.7. The van der Waals surface area contributed by atoms with Gasteiger partial charge >= 0.3 is 5.63 Å². The van der Waals surface area contributed by atoms with Crippen LogP contribution in [0.2, 0.25) is 0 Å². The molecule has 0 fully saturated rings. The molecule has 1 aliphatic rings. The molecule has 0 saturated carbocycles. The van der Waals surface area contributed by atoms with Crippen LogP contribution in [0.3, 0.4) is 0 Å². The maximum atomic E-state index is 13.1. The van der Waals surface area contributed by atoms with E-state index in [-0.39, 0.29) is 5.56 Å². The smallest absolute Gasteiger partial charge is 0.344 e. The summed E-state index contributed by atoms with van der Waals surface area (Å²) in [5, 5.41) is 0.737.